The summed E-state index contributed by atoms with van der Waals surface area (Å²) < 4.78 is 5.11. The van der Waals surface area contributed by atoms with Crippen molar-refractivity contribution in [3.05, 3.63) is 29.8 Å². The lowest BCUT2D eigenvalue weighted by atomic mass is 10.2. The molecule has 1 saturated heterocycles. The number of hydrogen-bond donors (Lipinski definition) is 1. The van der Waals surface area contributed by atoms with E-state index in [2.05, 4.69) is 17.4 Å². The number of hydrogen-bond acceptors (Lipinski definition) is 4. The zero-order chi connectivity index (χ0) is 13.0. The number of likely N-dealkylation sites (N-methyl/N-ethyl adjacent to an activating group) is 1. The Kier molecular flexibility index (Phi) is 4.17. The molecule has 1 aliphatic heterocycles. The first-order chi connectivity index (χ1) is 8.69. The molecule has 0 aliphatic carbocycles. The van der Waals surface area contributed by atoms with Crippen LogP contribution in [0.1, 0.15) is 10.4 Å². The van der Waals surface area contributed by atoms with Gasteiger partial charge >= 0.3 is 0 Å². The van der Waals surface area contributed by atoms with Crippen LogP contribution in [0.5, 0.6) is 5.75 Å². The first-order valence-electron chi connectivity index (χ1n) is 6.07. The standard InChI is InChI=1S/C13H19N3O2/c1-15-6-8-16(9-7-15)14-13(17)11-4-3-5-12(10-11)18-2/h3-5,10H,6-9H2,1-2H3,(H,14,17). The molecule has 5 nitrogen and oxygen atoms in total. The maximum atomic E-state index is 12.0. The Morgan fingerprint density at radius 3 is 2.67 bits per heavy atom. The normalized spacial score (nSPS) is 17.4. The van der Waals surface area contributed by atoms with E-state index in [1.807, 2.05) is 17.1 Å². The number of carbonyl (C=O) groups is 1. The molecule has 0 radical (unpaired) electrons. The molecule has 5 heteroatoms. The highest BCUT2D eigenvalue weighted by Crippen LogP contribution is 2.12. The zero-order valence-corrected chi connectivity index (χ0v) is 10.8. The average molecular weight is 249 g/mol. The van der Waals surface area contributed by atoms with Gasteiger partial charge in [-0.25, -0.2) is 5.01 Å². The predicted molar refractivity (Wildman–Crippen MR) is 69.5 cm³/mol. The molecule has 18 heavy (non-hydrogen) atoms. The SMILES string of the molecule is COc1cccc(C(=O)NN2CCN(C)CC2)c1. The number of ether oxygens (including phenoxy) is 1. The van der Waals surface area contributed by atoms with E-state index in [-0.39, 0.29) is 5.91 Å². The Balaban J connectivity index is 1.94. The van der Waals surface area contributed by atoms with Crippen LogP contribution < -0.4 is 10.2 Å². The molecule has 1 aliphatic rings. The molecular formula is C13H19N3O2. The Morgan fingerprint density at radius 1 is 1.28 bits per heavy atom. The highest BCUT2D eigenvalue weighted by Gasteiger charge is 2.16. The van der Waals surface area contributed by atoms with Crippen LogP contribution in [0.25, 0.3) is 0 Å². The Hall–Kier alpha value is -1.59. The van der Waals surface area contributed by atoms with Crippen molar-refractivity contribution in [2.75, 3.05) is 40.3 Å². The van der Waals surface area contributed by atoms with Crippen LogP contribution in [0, 0.1) is 0 Å². The summed E-state index contributed by atoms with van der Waals surface area (Å²) >= 11 is 0. The molecular weight excluding hydrogens is 230 g/mol. The van der Waals surface area contributed by atoms with E-state index in [9.17, 15) is 4.79 Å². The highest BCUT2D eigenvalue weighted by molar-refractivity contribution is 5.94. The smallest absolute Gasteiger partial charge is 0.265 e. The number of amides is 1. The quantitative estimate of drug-likeness (QED) is 0.851. The number of carbonyl (C=O) groups excluding carboxylic acids is 1. The lowest BCUT2D eigenvalue weighted by Crippen LogP contribution is -2.52. The fourth-order valence-corrected chi connectivity index (χ4v) is 1.89. The topological polar surface area (TPSA) is 44.8 Å². The van der Waals surface area contributed by atoms with Crippen molar-refractivity contribution in [2.24, 2.45) is 0 Å². The molecule has 0 aromatic heterocycles. The third kappa shape index (κ3) is 3.21. The molecule has 1 amide bonds. The Labute approximate surface area is 107 Å². The molecule has 1 aromatic carbocycles. The van der Waals surface area contributed by atoms with Gasteiger partial charge < -0.3 is 9.64 Å². The molecule has 1 heterocycles. The molecule has 0 atom stereocenters. The fourth-order valence-electron chi connectivity index (χ4n) is 1.89. The van der Waals surface area contributed by atoms with Crippen LogP contribution in [-0.4, -0.2) is 56.2 Å². The summed E-state index contributed by atoms with van der Waals surface area (Å²) in [6, 6.07) is 7.17. The lowest BCUT2D eigenvalue weighted by Gasteiger charge is -2.32. The molecule has 0 bridgehead atoms. The summed E-state index contributed by atoms with van der Waals surface area (Å²) in [7, 11) is 3.68. The molecule has 0 saturated carbocycles. The summed E-state index contributed by atoms with van der Waals surface area (Å²) in [6.07, 6.45) is 0. The molecule has 1 aromatic rings. The minimum Gasteiger partial charge on any atom is -0.497 e. The zero-order valence-electron chi connectivity index (χ0n) is 10.8. The summed E-state index contributed by atoms with van der Waals surface area (Å²) in [4.78, 5) is 14.3. The van der Waals surface area contributed by atoms with Crippen LogP contribution >= 0.6 is 0 Å². The number of piperazine rings is 1. The van der Waals surface area contributed by atoms with Crippen molar-refractivity contribution in [2.45, 2.75) is 0 Å². The second-order valence-corrected chi connectivity index (χ2v) is 4.46. The van der Waals surface area contributed by atoms with Crippen molar-refractivity contribution in [3.63, 3.8) is 0 Å². The van der Waals surface area contributed by atoms with Crippen LogP contribution in [-0.2, 0) is 0 Å². The molecule has 98 valence electrons. The maximum absolute atomic E-state index is 12.0. The third-order valence-electron chi connectivity index (χ3n) is 3.09. The Morgan fingerprint density at radius 2 is 2.00 bits per heavy atom. The maximum Gasteiger partial charge on any atom is 0.265 e. The van der Waals surface area contributed by atoms with Crippen molar-refractivity contribution in [1.29, 1.82) is 0 Å². The number of methoxy groups -OCH3 is 1. The van der Waals surface area contributed by atoms with Crippen molar-refractivity contribution in [3.8, 4) is 5.75 Å². The number of nitrogens with one attached hydrogen (secondary N) is 1. The van der Waals surface area contributed by atoms with Gasteiger partial charge in [0.05, 0.1) is 7.11 Å². The van der Waals surface area contributed by atoms with Crippen molar-refractivity contribution >= 4 is 5.91 Å². The van der Waals surface area contributed by atoms with Gasteiger partial charge in [-0.2, -0.15) is 0 Å². The monoisotopic (exact) mass is 249 g/mol. The van der Waals surface area contributed by atoms with Crippen molar-refractivity contribution in [1.82, 2.24) is 15.3 Å². The molecule has 2 rings (SSSR count). The third-order valence-corrected chi connectivity index (χ3v) is 3.09. The first-order valence-corrected chi connectivity index (χ1v) is 6.07. The van der Waals surface area contributed by atoms with Gasteiger partial charge in [0.1, 0.15) is 5.75 Å². The number of hydrazine groups is 1. The van der Waals surface area contributed by atoms with Gasteiger partial charge in [-0.3, -0.25) is 10.2 Å². The van der Waals surface area contributed by atoms with Gasteiger partial charge in [0.25, 0.3) is 5.91 Å². The van der Waals surface area contributed by atoms with E-state index in [1.165, 1.54) is 0 Å². The summed E-state index contributed by atoms with van der Waals surface area (Å²) in [5, 5.41) is 1.96. The van der Waals surface area contributed by atoms with Gasteiger partial charge in [-0.1, -0.05) is 6.07 Å². The van der Waals surface area contributed by atoms with Gasteiger partial charge in [-0.15, -0.1) is 0 Å². The number of rotatable bonds is 3. The van der Waals surface area contributed by atoms with E-state index in [0.717, 1.165) is 26.2 Å². The van der Waals surface area contributed by atoms with E-state index in [4.69, 9.17) is 4.74 Å². The minimum atomic E-state index is -0.0848. The second kappa shape index (κ2) is 5.84. The van der Waals surface area contributed by atoms with E-state index >= 15 is 0 Å². The number of nitrogens with zero attached hydrogens (tertiary/aromatic N) is 2. The van der Waals surface area contributed by atoms with E-state index in [0.29, 0.717) is 11.3 Å². The summed E-state index contributed by atoms with van der Waals surface area (Å²) in [5.74, 6) is 0.611. The van der Waals surface area contributed by atoms with E-state index < -0.39 is 0 Å². The Bertz CT molecular complexity index is 414. The average Bonchev–Trinajstić information content (AvgIpc) is 2.41. The molecule has 0 spiro atoms. The summed E-state index contributed by atoms with van der Waals surface area (Å²) in [5.41, 5.74) is 3.54. The van der Waals surface area contributed by atoms with Crippen LogP contribution in [0.4, 0.5) is 0 Å². The van der Waals surface area contributed by atoms with Gasteiger partial charge in [0.15, 0.2) is 0 Å². The molecule has 1 N–H and O–H groups in total. The molecule has 0 unspecified atom stereocenters. The van der Waals surface area contributed by atoms with Crippen LogP contribution in [0.3, 0.4) is 0 Å². The van der Waals surface area contributed by atoms with Crippen molar-refractivity contribution < 1.29 is 9.53 Å². The second-order valence-electron chi connectivity index (χ2n) is 4.46. The number of benzene rings is 1. The lowest BCUT2D eigenvalue weighted by molar-refractivity contribution is 0.0662. The fraction of sp³-hybridized carbons (Fsp3) is 0.462. The summed E-state index contributed by atoms with van der Waals surface area (Å²) in [6.45, 7) is 3.65. The largest absolute Gasteiger partial charge is 0.497 e. The van der Waals surface area contributed by atoms with Gasteiger partial charge in [0.2, 0.25) is 0 Å². The van der Waals surface area contributed by atoms with E-state index in [1.54, 1.807) is 19.2 Å². The predicted octanol–water partition coefficient (Wildman–Crippen LogP) is 0.587. The molecule has 1 fully saturated rings. The minimum absolute atomic E-state index is 0.0848. The van der Waals surface area contributed by atoms with Crippen LogP contribution in [0.2, 0.25) is 0 Å². The van der Waals surface area contributed by atoms with Crippen LogP contribution in [0.15, 0.2) is 24.3 Å². The highest BCUT2D eigenvalue weighted by atomic mass is 16.5. The van der Waals surface area contributed by atoms with Gasteiger partial charge in [-0.05, 0) is 25.2 Å². The van der Waals surface area contributed by atoms with Gasteiger partial charge in [0, 0.05) is 31.7 Å². The first kappa shape index (κ1) is 12.9.